The van der Waals surface area contributed by atoms with Crippen LogP contribution in [0.5, 0.6) is 5.75 Å². The molecular weight excluding hydrogens is 281 g/mol. The van der Waals surface area contributed by atoms with Crippen LogP contribution in [0.25, 0.3) is 0 Å². The third kappa shape index (κ3) is 2.96. The van der Waals surface area contributed by atoms with Crippen LogP contribution in [0.2, 0.25) is 0 Å². The predicted octanol–water partition coefficient (Wildman–Crippen LogP) is 3.29. The first-order valence-electron chi connectivity index (χ1n) is 8.09. The highest BCUT2D eigenvalue weighted by atomic mass is 19.1. The minimum atomic E-state index is -1.45. The van der Waals surface area contributed by atoms with Crippen molar-refractivity contribution >= 4 is 5.91 Å². The average Bonchev–Trinajstić information content (AvgIpc) is 3.02. The molecule has 0 saturated heterocycles. The van der Waals surface area contributed by atoms with Gasteiger partial charge in [-0.3, -0.25) is 4.79 Å². The van der Waals surface area contributed by atoms with Crippen LogP contribution in [-0.4, -0.2) is 24.2 Å². The van der Waals surface area contributed by atoms with E-state index in [1.54, 1.807) is 0 Å². The molecule has 1 aromatic rings. The zero-order valence-corrected chi connectivity index (χ0v) is 13.5. The van der Waals surface area contributed by atoms with Crippen LogP contribution in [0, 0.1) is 0 Å². The number of nitrogens with one attached hydrogen (secondary N) is 1. The minimum Gasteiger partial charge on any atom is -0.493 e. The Hall–Kier alpha value is -1.58. The Morgan fingerprint density at radius 2 is 2.18 bits per heavy atom. The van der Waals surface area contributed by atoms with Gasteiger partial charge in [0.25, 0.3) is 5.91 Å². The summed E-state index contributed by atoms with van der Waals surface area (Å²) in [5.74, 6) is 0.581. The molecule has 1 heterocycles. The van der Waals surface area contributed by atoms with Crippen LogP contribution in [-0.2, 0) is 17.6 Å². The van der Waals surface area contributed by atoms with E-state index in [0.717, 1.165) is 25.0 Å². The number of fused-ring (bicyclic) bond motifs is 3. The molecule has 0 saturated carbocycles. The second-order valence-electron chi connectivity index (χ2n) is 7.39. The SMILES string of the molecule is CC(C)(C)NC(=O)C(F)CC1CCc2ccc3c(c21)CCO3. The fourth-order valence-corrected chi connectivity index (χ4v) is 3.59. The standard InChI is InChI=1S/C18H24FNO2/c1-18(2,3)20-17(21)14(19)10-12-5-4-11-6-7-15-13(16(11)12)8-9-22-15/h6-7,12,14H,4-5,8-10H2,1-3H3,(H,20,21). The number of alkyl halides is 1. The van der Waals surface area contributed by atoms with Gasteiger partial charge in [0, 0.05) is 17.5 Å². The van der Waals surface area contributed by atoms with Gasteiger partial charge < -0.3 is 10.1 Å². The smallest absolute Gasteiger partial charge is 0.254 e. The highest BCUT2D eigenvalue weighted by Gasteiger charge is 2.33. The molecule has 0 bridgehead atoms. The summed E-state index contributed by atoms with van der Waals surface area (Å²) in [5.41, 5.74) is 3.40. The summed E-state index contributed by atoms with van der Waals surface area (Å²) >= 11 is 0. The van der Waals surface area contributed by atoms with Gasteiger partial charge >= 0.3 is 0 Å². The fraction of sp³-hybridized carbons (Fsp3) is 0.611. The van der Waals surface area contributed by atoms with E-state index in [0.29, 0.717) is 6.61 Å². The van der Waals surface area contributed by atoms with Crippen molar-refractivity contribution < 1.29 is 13.9 Å². The van der Waals surface area contributed by atoms with Gasteiger partial charge in [-0.1, -0.05) is 6.07 Å². The molecule has 1 aliphatic heterocycles. The second kappa shape index (κ2) is 5.56. The Morgan fingerprint density at radius 3 is 2.91 bits per heavy atom. The summed E-state index contributed by atoms with van der Waals surface area (Å²) in [6.07, 6.45) is 1.62. The highest BCUT2D eigenvalue weighted by molar-refractivity contribution is 5.81. The number of hydrogen-bond acceptors (Lipinski definition) is 2. The Bertz CT molecular complexity index is 591. The Labute approximate surface area is 131 Å². The van der Waals surface area contributed by atoms with Crippen molar-refractivity contribution in [1.29, 1.82) is 0 Å². The Kier molecular flexibility index (Phi) is 3.87. The molecule has 1 N–H and O–H groups in total. The van der Waals surface area contributed by atoms with Crippen LogP contribution in [0.3, 0.4) is 0 Å². The molecule has 1 aromatic carbocycles. The zero-order chi connectivity index (χ0) is 15.9. The van der Waals surface area contributed by atoms with Gasteiger partial charge in [-0.05, 0) is 63.1 Å². The fourth-order valence-electron chi connectivity index (χ4n) is 3.59. The molecule has 0 radical (unpaired) electrons. The first-order valence-corrected chi connectivity index (χ1v) is 8.09. The maximum Gasteiger partial charge on any atom is 0.254 e. The third-order valence-electron chi connectivity index (χ3n) is 4.46. The summed E-state index contributed by atoms with van der Waals surface area (Å²) in [6, 6.07) is 4.13. The van der Waals surface area contributed by atoms with Gasteiger partial charge in [-0.2, -0.15) is 0 Å². The molecule has 1 amide bonds. The molecule has 0 fully saturated rings. The Balaban J connectivity index is 1.74. The summed E-state index contributed by atoms with van der Waals surface area (Å²) in [6.45, 7) is 6.31. The lowest BCUT2D eigenvalue weighted by Gasteiger charge is -2.23. The lowest BCUT2D eigenvalue weighted by molar-refractivity contribution is -0.127. The number of halogens is 1. The van der Waals surface area contributed by atoms with E-state index in [2.05, 4.69) is 11.4 Å². The van der Waals surface area contributed by atoms with Gasteiger partial charge in [0.15, 0.2) is 6.17 Å². The number of carbonyl (C=O) groups is 1. The Morgan fingerprint density at radius 1 is 1.41 bits per heavy atom. The van der Waals surface area contributed by atoms with Crippen molar-refractivity contribution in [2.24, 2.45) is 0 Å². The summed E-state index contributed by atoms with van der Waals surface area (Å²) in [5, 5.41) is 2.73. The number of hydrogen-bond donors (Lipinski definition) is 1. The number of amides is 1. The van der Waals surface area contributed by atoms with Crippen molar-refractivity contribution in [3.63, 3.8) is 0 Å². The van der Waals surface area contributed by atoms with Crippen molar-refractivity contribution in [2.45, 2.75) is 64.1 Å². The summed E-state index contributed by atoms with van der Waals surface area (Å²) in [7, 11) is 0. The molecule has 3 nitrogen and oxygen atoms in total. The number of benzene rings is 1. The minimum absolute atomic E-state index is 0.132. The van der Waals surface area contributed by atoms with E-state index in [1.165, 1.54) is 16.7 Å². The molecule has 22 heavy (non-hydrogen) atoms. The molecule has 2 atom stereocenters. The molecule has 0 aromatic heterocycles. The van der Waals surface area contributed by atoms with Crippen LogP contribution in [0.1, 0.15) is 56.2 Å². The van der Waals surface area contributed by atoms with Crippen molar-refractivity contribution in [1.82, 2.24) is 5.32 Å². The van der Waals surface area contributed by atoms with E-state index in [9.17, 15) is 9.18 Å². The molecule has 1 aliphatic carbocycles. The van der Waals surface area contributed by atoms with Gasteiger partial charge in [0.2, 0.25) is 0 Å². The van der Waals surface area contributed by atoms with Crippen LogP contribution in [0.4, 0.5) is 4.39 Å². The lowest BCUT2D eigenvalue weighted by atomic mass is 9.90. The third-order valence-corrected chi connectivity index (χ3v) is 4.46. The van der Waals surface area contributed by atoms with Gasteiger partial charge in [-0.15, -0.1) is 0 Å². The van der Waals surface area contributed by atoms with E-state index in [-0.39, 0.29) is 12.3 Å². The van der Waals surface area contributed by atoms with Gasteiger partial charge in [0.05, 0.1) is 6.61 Å². The molecule has 4 heteroatoms. The maximum absolute atomic E-state index is 14.4. The van der Waals surface area contributed by atoms with Crippen LogP contribution in [0.15, 0.2) is 12.1 Å². The largest absolute Gasteiger partial charge is 0.493 e. The number of ether oxygens (including phenoxy) is 1. The van der Waals surface area contributed by atoms with Crippen molar-refractivity contribution in [3.8, 4) is 5.75 Å². The topological polar surface area (TPSA) is 38.3 Å². The van der Waals surface area contributed by atoms with Gasteiger partial charge in [-0.25, -0.2) is 4.39 Å². The maximum atomic E-state index is 14.4. The van der Waals surface area contributed by atoms with E-state index in [4.69, 9.17) is 4.74 Å². The number of aryl methyl sites for hydroxylation is 1. The molecule has 2 unspecified atom stereocenters. The van der Waals surface area contributed by atoms with Crippen molar-refractivity contribution in [3.05, 3.63) is 28.8 Å². The first kappa shape index (κ1) is 15.3. The quantitative estimate of drug-likeness (QED) is 0.930. The van der Waals surface area contributed by atoms with Crippen LogP contribution >= 0.6 is 0 Å². The van der Waals surface area contributed by atoms with E-state index < -0.39 is 17.6 Å². The number of rotatable bonds is 3. The molecule has 3 rings (SSSR count). The normalized spacial score (nSPS) is 21.0. The lowest BCUT2D eigenvalue weighted by Crippen LogP contribution is -2.45. The first-order chi connectivity index (χ1) is 10.3. The van der Waals surface area contributed by atoms with E-state index in [1.807, 2.05) is 26.8 Å². The monoisotopic (exact) mass is 305 g/mol. The summed E-state index contributed by atoms with van der Waals surface area (Å²) in [4.78, 5) is 12.0. The number of carbonyl (C=O) groups excluding carboxylic acids is 1. The van der Waals surface area contributed by atoms with Crippen LogP contribution < -0.4 is 10.1 Å². The van der Waals surface area contributed by atoms with Crippen molar-refractivity contribution in [2.75, 3.05) is 6.61 Å². The summed E-state index contributed by atoms with van der Waals surface area (Å²) < 4.78 is 20.0. The zero-order valence-electron chi connectivity index (χ0n) is 13.5. The highest BCUT2D eigenvalue weighted by Crippen LogP contribution is 2.43. The molecule has 120 valence electrons. The average molecular weight is 305 g/mol. The van der Waals surface area contributed by atoms with Gasteiger partial charge in [0.1, 0.15) is 5.75 Å². The van der Waals surface area contributed by atoms with E-state index >= 15 is 0 Å². The molecule has 0 spiro atoms. The second-order valence-corrected chi connectivity index (χ2v) is 7.39. The molecular formula is C18H24FNO2. The molecule has 2 aliphatic rings. The predicted molar refractivity (Wildman–Crippen MR) is 84.1 cm³/mol.